The van der Waals surface area contributed by atoms with E-state index in [1.165, 1.54) is 51.1 Å². The van der Waals surface area contributed by atoms with Crippen LogP contribution in [0.4, 0.5) is 0 Å². The van der Waals surface area contributed by atoms with E-state index in [0.717, 1.165) is 23.1 Å². The summed E-state index contributed by atoms with van der Waals surface area (Å²) in [5, 5.41) is 4.40. The summed E-state index contributed by atoms with van der Waals surface area (Å²) in [6.07, 6.45) is 5.64. The van der Waals surface area contributed by atoms with Gasteiger partial charge in [-0.15, -0.1) is 0 Å². The molecule has 0 aromatic carbocycles. The van der Waals surface area contributed by atoms with Crippen molar-refractivity contribution in [2.24, 2.45) is 11.8 Å². The first-order chi connectivity index (χ1) is 8.72. The van der Waals surface area contributed by atoms with Crippen LogP contribution in [0.1, 0.15) is 39.5 Å². The highest BCUT2D eigenvalue weighted by Gasteiger charge is 2.31. The molecule has 1 N–H and O–H groups in total. The van der Waals surface area contributed by atoms with Gasteiger partial charge < -0.3 is 10.2 Å². The Kier molecular flexibility index (Phi) is 5.84. The molecule has 1 saturated carbocycles. The Balaban J connectivity index is 1.87. The van der Waals surface area contributed by atoms with Gasteiger partial charge in [0.15, 0.2) is 0 Å². The fraction of sp³-hybridized carbons (Fsp3) is 1.00. The Morgan fingerprint density at radius 1 is 1.33 bits per heavy atom. The van der Waals surface area contributed by atoms with Gasteiger partial charge in [0.2, 0.25) is 0 Å². The molecule has 18 heavy (non-hydrogen) atoms. The van der Waals surface area contributed by atoms with Gasteiger partial charge >= 0.3 is 0 Å². The average molecular weight is 270 g/mol. The molecule has 0 amide bonds. The van der Waals surface area contributed by atoms with Gasteiger partial charge in [0, 0.05) is 36.7 Å². The minimum atomic E-state index is 0.762. The molecule has 1 saturated heterocycles. The summed E-state index contributed by atoms with van der Waals surface area (Å²) in [6, 6.07) is 0.762. The SMILES string of the molecule is CCC1CCC(NC)C(CN2CCSC(C)C2)C1. The van der Waals surface area contributed by atoms with Gasteiger partial charge in [-0.3, -0.25) is 0 Å². The zero-order chi connectivity index (χ0) is 13.0. The highest BCUT2D eigenvalue weighted by Crippen LogP contribution is 2.32. The van der Waals surface area contributed by atoms with Gasteiger partial charge in [-0.25, -0.2) is 0 Å². The Morgan fingerprint density at radius 2 is 2.17 bits per heavy atom. The molecular weight excluding hydrogens is 240 g/mol. The molecule has 4 atom stereocenters. The van der Waals surface area contributed by atoms with Crippen LogP contribution in [0.15, 0.2) is 0 Å². The van der Waals surface area contributed by atoms with E-state index in [1.54, 1.807) is 0 Å². The molecule has 0 spiro atoms. The van der Waals surface area contributed by atoms with Crippen molar-refractivity contribution in [2.75, 3.05) is 32.4 Å². The van der Waals surface area contributed by atoms with E-state index in [1.807, 2.05) is 0 Å². The third kappa shape index (κ3) is 3.88. The van der Waals surface area contributed by atoms with Gasteiger partial charge in [-0.2, -0.15) is 11.8 Å². The van der Waals surface area contributed by atoms with Crippen LogP contribution in [-0.4, -0.2) is 48.6 Å². The second-order valence-corrected chi connectivity index (χ2v) is 7.73. The molecule has 0 aromatic rings. The minimum absolute atomic E-state index is 0.762. The molecule has 0 aromatic heterocycles. The third-order valence-electron chi connectivity index (χ3n) is 4.86. The van der Waals surface area contributed by atoms with Crippen LogP contribution in [0.3, 0.4) is 0 Å². The Bertz CT molecular complexity index is 247. The first-order valence-electron chi connectivity index (χ1n) is 7.74. The van der Waals surface area contributed by atoms with Gasteiger partial charge in [0.25, 0.3) is 0 Å². The molecular formula is C15H30N2S. The average Bonchev–Trinajstić information content (AvgIpc) is 2.38. The maximum Gasteiger partial charge on any atom is 0.0147 e. The lowest BCUT2D eigenvalue weighted by molar-refractivity contribution is 0.144. The molecule has 0 radical (unpaired) electrons. The molecule has 2 fully saturated rings. The highest BCUT2D eigenvalue weighted by molar-refractivity contribution is 7.99. The smallest absolute Gasteiger partial charge is 0.0147 e. The van der Waals surface area contributed by atoms with Crippen LogP contribution in [0.25, 0.3) is 0 Å². The Labute approximate surface area is 117 Å². The molecule has 0 bridgehead atoms. The van der Waals surface area contributed by atoms with Crippen LogP contribution in [0, 0.1) is 11.8 Å². The van der Waals surface area contributed by atoms with Crippen molar-refractivity contribution >= 4 is 11.8 Å². The third-order valence-corrected chi connectivity index (χ3v) is 5.99. The summed E-state index contributed by atoms with van der Waals surface area (Å²) < 4.78 is 0. The van der Waals surface area contributed by atoms with Crippen molar-refractivity contribution in [3.8, 4) is 0 Å². The van der Waals surface area contributed by atoms with Gasteiger partial charge in [0.05, 0.1) is 0 Å². The predicted molar refractivity (Wildman–Crippen MR) is 82.3 cm³/mol. The lowest BCUT2D eigenvalue weighted by Gasteiger charge is -2.40. The summed E-state index contributed by atoms with van der Waals surface area (Å²) >= 11 is 2.14. The number of thioether (sulfide) groups is 1. The molecule has 2 nitrogen and oxygen atoms in total. The lowest BCUT2D eigenvalue weighted by Crippen LogP contribution is -2.47. The van der Waals surface area contributed by atoms with Crippen LogP contribution in [0.2, 0.25) is 0 Å². The van der Waals surface area contributed by atoms with Crippen LogP contribution < -0.4 is 5.32 Å². The van der Waals surface area contributed by atoms with E-state index in [9.17, 15) is 0 Å². The number of hydrogen-bond acceptors (Lipinski definition) is 3. The van der Waals surface area contributed by atoms with Gasteiger partial charge in [-0.05, 0) is 38.1 Å². The molecule has 4 unspecified atom stereocenters. The monoisotopic (exact) mass is 270 g/mol. The van der Waals surface area contributed by atoms with E-state index in [-0.39, 0.29) is 0 Å². The molecule has 1 heterocycles. The molecule has 106 valence electrons. The standard InChI is InChI=1S/C15H30N2S/c1-4-13-5-6-15(16-3)14(9-13)11-17-7-8-18-12(2)10-17/h12-16H,4-11H2,1-3H3. The van der Waals surface area contributed by atoms with Crippen molar-refractivity contribution in [1.29, 1.82) is 0 Å². The predicted octanol–water partition coefficient (Wildman–Crippen LogP) is 2.84. The van der Waals surface area contributed by atoms with Crippen LogP contribution in [-0.2, 0) is 0 Å². The molecule has 1 aliphatic carbocycles. The van der Waals surface area contributed by atoms with Crippen molar-refractivity contribution < 1.29 is 0 Å². The van der Waals surface area contributed by atoms with Crippen LogP contribution >= 0.6 is 11.8 Å². The van der Waals surface area contributed by atoms with Crippen molar-refractivity contribution in [2.45, 2.75) is 50.8 Å². The maximum absolute atomic E-state index is 3.57. The number of nitrogens with one attached hydrogen (secondary N) is 1. The zero-order valence-corrected chi connectivity index (χ0v) is 13.1. The highest BCUT2D eigenvalue weighted by atomic mass is 32.2. The molecule has 2 aliphatic rings. The fourth-order valence-corrected chi connectivity index (χ4v) is 4.78. The summed E-state index contributed by atoms with van der Waals surface area (Å²) in [4.78, 5) is 2.72. The summed E-state index contributed by atoms with van der Waals surface area (Å²) in [6.45, 7) is 8.67. The Morgan fingerprint density at radius 3 is 2.83 bits per heavy atom. The quantitative estimate of drug-likeness (QED) is 0.846. The van der Waals surface area contributed by atoms with Crippen LogP contribution in [0.5, 0.6) is 0 Å². The van der Waals surface area contributed by atoms with Crippen molar-refractivity contribution in [3.63, 3.8) is 0 Å². The van der Waals surface area contributed by atoms with Crippen molar-refractivity contribution in [1.82, 2.24) is 10.2 Å². The Hall–Kier alpha value is 0.270. The molecule has 2 rings (SSSR count). The summed E-state index contributed by atoms with van der Waals surface area (Å²) in [5.41, 5.74) is 0. The lowest BCUT2D eigenvalue weighted by atomic mass is 9.76. The maximum atomic E-state index is 3.57. The molecule has 1 aliphatic heterocycles. The fourth-order valence-electron chi connectivity index (χ4n) is 3.70. The van der Waals surface area contributed by atoms with E-state index in [2.05, 4.69) is 42.9 Å². The number of nitrogens with zero attached hydrogens (tertiary/aromatic N) is 1. The van der Waals surface area contributed by atoms with E-state index in [4.69, 9.17) is 0 Å². The van der Waals surface area contributed by atoms with Gasteiger partial charge in [-0.1, -0.05) is 20.3 Å². The normalized spacial score (nSPS) is 38.8. The second kappa shape index (κ2) is 7.16. The summed E-state index contributed by atoms with van der Waals surface area (Å²) in [7, 11) is 2.15. The largest absolute Gasteiger partial charge is 0.317 e. The first kappa shape index (κ1) is 14.7. The summed E-state index contributed by atoms with van der Waals surface area (Å²) in [5.74, 6) is 3.19. The first-order valence-corrected chi connectivity index (χ1v) is 8.79. The number of hydrogen-bond donors (Lipinski definition) is 1. The van der Waals surface area contributed by atoms with Gasteiger partial charge in [0.1, 0.15) is 0 Å². The van der Waals surface area contributed by atoms with E-state index < -0.39 is 0 Å². The van der Waals surface area contributed by atoms with E-state index in [0.29, 0.717) is 0 Å². The van der Waals surface area contributed by atoms with E-state index >= 15 is 0 Å². The minimum Gasteiger partial charge on any atom is -0.317 e. The molecule has 3 heteroatoms. The van der Waals surface area contributed by atoms with Crippen molar-refractivity contribution in [3.05, 3.63) is 0 Å². The zero-order valence-electron chi connectivity index (χ0n) is 12.3. The topological polar surface area (TPSA) is 15.3 Å². The second-order valence-electron chi connectivity index (χ2n) is 6.18. The number of rotatable bonds is 4.